The Balaban J connectivity index is 1.82. The third-order valence-corrected chi connectivity index (χ3v) is 3.92. The van der Waals surface area contributed by atoms with Crippen LogP contribution in [-0.2, 0) is 0 Å². The molecule has 0 unspecified atom stereocenters. The highest BCUT2D eigenvalue weighted by atomic mass is 32.1. The molecule has 17 heavy (non-hydrogen) atoms. The molecule has 0 atom stereocenters. The predicted molar refractivity (Wildman–Crippen MR) is 67.7 cm³/mol. The molecule has 0 aromatic carbocycles. The molecule has 3 rings (SSSR count). The molecule has 0 radical (unpaired) electrons. The van der Waals surface area contributed by atoms with Crippen molar-refractivity contribution in [2.24, 2.45) is 0 Å². The van der Waals surface area contributed by atoms with Crippen LogP contribution in [0.1, 0.15) is 43.8 Å². The van der Waals surface area contributed by atoms with Crippen LogP contribution in [0.2, 0.25) is 0 Å². The van der Waals surface area contributed by atoms with Crippen molar-refractivity contribution in [3.63, 3.8) is 0 Å². The first-order valence-electron chi connectivity index (χ1n) is 5.96. The first kappa shape index (κ1) is 10.7. The third-order valence-electron chi connectivity index (χ3n) is 3.25. The van der Waals surface area contributed by atoms with E-state index in [2.05, 4.69) is 20.2 Å². The molecular weight excluding hydrogens is 234 g/mol. The van der Waals surface area contributed by atoms with Gasteiger partial charge >= 0.3 is 0 Å². The number of nitrogen functional groups attached to an aromatic ring is 1. The Morgan fingerprint density at radius 3 is 2.76 bits per heavy atom. The molecule has 0 amide bonds. The van der Waals surface area contributed by atoms with E-state index in [0.29, 0.717) is 16.9 Å². The van der Waals surface area contributed by atoms with Crippen LogP contribution < -0.4 is 5.73 Å². The Kier molecular flexibility index (Phi) is 2.80. The van der Waals surface area contributed by atoms with Crippen molar-refractivity contribution in [2.75, 3.05) is 5.73 Å². The summed E-state index contributed by atoms with van der Waals surface area (Å²) in [6, 6.07) is 0. The highest BCUT2D eigenvalue weighted by Crippen LogP contribution is 2.31. The van der Waals surface area contributed by atoms with Gasteiger partial charge in [0.05, 0.1) is 0 Å². The molecule has 0 bridgehead atoms. The highest BCUT2D eigenvalue weighted by molar-refractivity contribution is 7.13. The fourth-order valence-electron chi connectivity index (χ4n) is 2.34. The van der Waals surface area contributed by atoms with Gasteiger partial charge in [-0.15, -0.1) is 11.3 Å². The smallest absolute Gasteiger partial charge is 0.200 e. The molecule has 1 aliphatic carbocycles. The van der Waals surface area contributed by atoms with Gasteiger partial charge in [-0.25, -0.2) is 9.97 Å². The van der Waals surface area contributed by atoms with Gasteiger partial charge < -0.3 is 5.73 Å². The predicted octanol–water partition coefficient (Wildman–Crippen LogP) is 2.56. The second-order valence-electron chi connectivity index (χ2n) is 4.45. The summed E-state index contributed by atoms with van der Waals surface area (Å²) in [6.07, 6.45) is 6.37. The van der Waals surface area contributed by atoms with E-state index < -0.39 is 0 Å². The second-order valence-corrected chi connectivity index (χ2v) is 5.34. The molecule has 6 heteroatoms. The lowest BCUT2D eigenvalue weighted by Crippen LogP contribution is -2.06. The van der Waals surface area contributed by atoms with Gasteiger partial charge in [0.25, 0.3) is 0 Å². The van der Waals surface area contributed by atoms with Crippen molar-refractivity contribution in [1.82, 2.24) is 20.2 Å². The molecule has 2 heterocycles. The summed E-state index contributed by atoms with van der Waals surface area (Å²) in [5.41, 5.74) is 6.38. The number of nitrogens with zero attached hydrogens (tertiary/aromatic N) is 3. The van der Waals surface area contributed by atoms with Gasteiger partial charge in [-0.2, -0.15) is 5.10 Å². The molecule has 0 saturated heterocycles. The van der Waals surface area contributed by atoms with Gasteiger partial charge in [-0.05, 0) is 12.8 Å². The van der Waals surface area contributed by atoms with E-state index in [-0.39, 0.29) is 0 Å². The Bertz CT molecular complexity index is 497. The molecule has 5 nitrogen and oxygen atoms in total. The van der Waals surface area contributed by atoms with Gasteiger partial charge in [-0.3, -0.25) is 5.10 Å². The minimum Gasteiger partial charge on any atom is -0.375 e. The van der Waals surface area contributed by atoms with E-state index in [1.54, 1.807) is 0 Å². The summed E-state index contributed by atoms with van der Waals surface area (Å²) in [4.78, 5) is 8.73. The van der Waals surface area contributed by atoms with Crippen LogP contribution in [0.5, 0.6) is 0 Å². The SMILES string of the molecule is Nc1nc(-c2n[nH]c(C3CCCCC3)n2)cs1. The fraction of sp³-hybridized carbons (Fsp3) is 0.545. The van der Waals surface area contributed by atoms with Gasteiger partial charge in [-0.1, -0.05) is 19.3 Å². The maximum Gasteiger partial charge on any atom is 0.200 e. The lowest BCUT2D eigenvalue weighted by molar-refractivity contribution is 0.429. The number of hydrogen-bond acceptors (Lipinski definition) is 5. The topological polar surface area (TPSA) is 80.5 Å². The lowest BCUT2D eigenvalue weighted by atomic mass is 9.89. The van der Waals surface area contributed by atoms with Crippen LogP contribution in [0.3, 0.4) is 0 Å². The Morgan fingerprint density at radius 1 is 1.24 bits per heavy atom. The Labute approximate surface area is 103 Å². The van der Waals surface area contributed by atoms with Crippen LogP contribution in [-0.4, -0.2) is 20.2 Å². The number of rotatable bonds is 2. The van der Waals surface area contributed by atoms with Crippen molar-refractivity contribution < 1.29 is 0 Å². The van der Waals surface area contributed by atoms with E-state index >= 15 is 0 Å². The third kappa shape index (κ3) is 2.17. The van der Waals surface area contributed by atoms with Crippen molar-refractivity contribution in [3.8, 4) is 11.5 Å². The number of thiazole rings is 1. The van der Waals surface area contributed by atoms with Crippen molar-refractivity contribution in [2.45, 2.75) is 38.0 Å². The first-order chi connectivity index (χ1) is 8.33. The fourth-order valence-corrected chi connectivity index (χ4v) is 2.88. The number of aromatic nitrogens is 4. The summed E-state index contributed by atoms with van der Waals surface area (Å²) < 4.78 is 0. The Morgan fingerprint density at radius 2 is 2.06 bits per heavy atom. The largest absolute Gasteiger partial charge is 0.375 e. The summed E-state index contributed by atoms with van der Waals surface area (Å²) in [7, 11) is 0. The zero-order valence-electron chi connectivity index (χ0n) is 9.52. The maximum atomic E-state index is 5.61. The average Bonchev–Trinajstić information content (AvgIpc) is 2.98. The maximum absolute atomic E-state index is 5.61. The first-order valence-corrected chi connectivity index (χ1v) is 6.84. The molecule has 2 aromatic rings. The zero-order chi connectivity index (χ0) is 11.7. The van der Waals surface area contributed by atoms with Crippen LogP contribution in [0, 0.1) is 0 Å². The van der Waals surface area contributed by atoms with Crippen molar-refractivity contribution >= 4 is 16.5 Å². The number of H-pyrrole nitrogens is 1. The lowest BCUT2D eigenvalue weighted by Gasteiger charge is -2.18. The monoisotopic (exact) mass is 249 g/mol. The molecule has 1 aliphatic rings. The molecular formula is C11H15N5S. The van der Waals surface area contributed by atoms with Gasteiger partial charge in [0.15, 0.2) is 5.13 Å². The number of nitrogens with two attached hydrogens (primary N) is 1. The van der Waals surface area contributed by atoms with Crippen molar-refractivity contribution in [3.05, 3.63) is 11.2 Å². The minimum atomic E-state index is 0.543. The summed E-state index contributed by atoms with van der Waals surface area (Å²) >= 11 is 1.42. The quantitative estimate of drug-likeness (QED) is 0.857. The average molecular weight is 249 g/mol. The molecule has 2 aromatic heterocycles. The Hall–Kier alpha value is -1.43. The van der Waals surface area contributed by atoms with E-state index in [1.807, 2.05) is 5.38 Å². The van der Waals surface area contributed by atoms with Crippen LogP contribution >= 0.6 is 11.3 Å². The number of nitrogens with one attached hydrogen (secondary N) is 1. The molecule has 0 aliphatic heterocycles. The number of hydrogen-bond donors (Lipinski definition) is 2. The van der Waals surface area contributed by atoms with Crippen LogP contribution in [0.4, 0.5) is 5.13 Å². The highest BCUT2D eigenvalue weighted by Gasteiger charge is 2.20. The van der Waals surface area contributed by atoms with E-state index in [0.717, 1.165) is 11.5 Å². The molecule has 90 valence electrons. The van der Waals surface area contributed by atoms with Crippen molar-refractivity contribution in [1.29, 1.82) is 0 Å². The van der Waals surface area contributed by atoms with Gasteiger partial charge in [0, 0.05) is 11.3 Å². The van der Waals surface area contributed by atoms with E-state index in [4.69, 9.17) is 5.73 Å². The molecule has 3 N–H and O–H groups in total. The summed E-state index contributed by atoms with van der Waals surface area (Å²) in [5, 5.41) is 9.72. The van der Waals surface area contributed by atoms with Crippen LogP contribution in [0.25, 0.3) is 11.5 Å². The van der Waals surface area contributed by atoms with E-state index in [9.17, 15) is 0 Å². The standard InChI is InChI=1S/C11H15N5S/c12-11-13-8(6-17-11)10-14-9(15-16-10)7-4-2-1-3-5-7/h6-7H,1-5H2,(H2,12,13)(H,14,15,16). The molecule has 0 spiro atoms. The molecule has 1 fully saturated rings. The summed E-state index contributed by atoms with van der Waals surface area (Å²) in [5.74, 6) is 2.21. The second kappa shape index (κ2) is 4.44. The number of anilines is 1. The van der Waals surface area contributed by atoms with Crippen LogP contribution in [0.15, 0.2) is 5.38 Å². The molecule has 1 saturated carbocycles. The van der Waals surface area contributed by atoms with Gasteiger partial charge in [0.2, 0.25) is 5.82 Å². The summed E-state index contributed by atoms with van der Waals surface area (Å²) in [6.45, 7) is 0. The van der Waals surface area contributed by atoms with Gasteiger partial charge in [0.1, 0.15) is 11.5 Å². The van der Waals surface area contributed by atoms with E-state index in [1.165, 1.54) is 43.4 Å². The minimum absolute atomic E-state index is 0.543. The zero-order valence-corrected chi connectivity index (χ0v) is 10.3. The normalized spacial score (nSPS) is 17.4. The number of aromatic amines is 1.